The Labute approximate surface area is 223 Å². The molecule has 7 nitrogen and oxygen atoms in total. The fourth-order valence-electron chi connectivity index (χ4n) is 4.56. The normalized spacial score (nSPS) is 18.0. The maximum Gasteiger partial charge on any atom is 0.282 e. The van der Waals surface area contributed by atoms with Crippen LogP contribution in [0.15, 0.2) is 28.7 Å². The Balaban J connectivity index is 1.24. The third-order valence-electron chi connectivity index (χ3n) is 6.48. The zero-order valence-electron chi connectivity index (χ0n) is 20.2. The minimum absolute atomic E-state index is 0.00118. The summed E-state index contributed by atoms with van der Waals surface area (Å²) >= 11 is 1.38. The van der Waals surface area contributed by atoms with Crippen LogP contribution in [0.25, 0.3) is 0 Å². The van der Waals surface area contributed by atoms with Crippen molar-refractivity contribution in [2.24, 2.45) is 5.16 Å². The van der Waals surface area contributed by atoms with Crippen molar-refractivity contribution in [3.05, 3.63) is 62.9 Å². The predicted molar refractivity (Wildman–Crippen MR) is 130 cm³/mol. The molecule has 4 heterocycles. The minimum Gasteiger partial charge on any atom is -0.478 e. The Hall–Kier alpha value is -3.73. The lowest BCUT2D eigenvalue weighted by Gasteiger charge is -2.33. The van der Waals surface area contributed by atoms with Crippen molar-refractivity contribution in [3.8, 4) is 18.1 Å². The molecule has 0 spiro atoms. The van der Waals surface area contributed by atoms with E-state index in [9.17, 15) is 26.3 Å². The molecule has 1 saturated heterocycles. The second kappa shape index (κ2) is 11.2. The molecule has 0 aliphatic carbocycles. The molecule has 0 amide bonds. The van der Waals surface area contributed by atoms with Crippen LogP contribution in [0, 0.1) is 24.0 Å². The summed E-state index contributed by atoms with van der Waals surface area (Å²) in [7, 11) is 0. The van der Waals surface area contributed by atoms with Gasteiger partial charge in [0.1, 0.15) is 29.5 Å². The predicted octanol–water partition coefficient (Wildman–Crippen LogP) is 5.89. The van der Waals surface area contributed by atoms with Gasteiger partial charge >= 0.3 is 0 Å². The van der Waals surface area contributed by atoms with E-state index in [0.717, 1.165) is 28.0 Å². The standard InChI is InChI=1S/C25H21F6N5O2S/c1-2-9-37-19-4-3-14(26)21(22(19)27)20-11-15(34-38-20)17-12-39-25(32-17)13-5-7-35(8-6-13)36-18(24(30)31)10-16(33-36)23(28)29/h1,3-4,10,12-13,20,23-24H,5-9,11H2. The van der Waals surface area contributed by atoms with Crippen LogP contribution in [0.4, 0.5) is 26.3 Å². The molecule has 5 rings (SSSR count). The summed E-state index contributed by atoms with van der Waals surface area (Å²) < 4.78 is 87.3. The van der Waals surface area contributed by atoms with E-state index < -0.39 is 42.0 Å². The first-order chi connectivity index (χ1) is 18.8. The molecular formula is C25H21F6N5O2S. The molecule has 1 unspecified atom stereocenters. The second-order valence-corrected chi connectivity index (χ2v) is 9.78. The fraction of sp³-hybridized carbons (Fsp3) is 0.400. The van der Waals surface area contributed by atoms with E-state index in [1.165, 1.54) is 16.3 Å². The van der Waals surface area contributed by atoms with Gasteiger partial charge in [-0.2, -0.15) is 9.89 Å². The van der Waals surface area contributed by atoms with Crippen LogP contribution in [0.5, 0.6) is 5.75 Å². The van der Waals surface area contributed by atoms with Crippen LogP contribution in [0.2, 0.25) is 0 Å². The highest BCUT2D eigenvalue weighted by Crippen LogP contribution is 2.37. The van der Waals surface area contributed by atoms with Gasteiger partial charge in [0.05, 0.1) is 16.3 Å². The van der Waals surface area contributed by atoms with Crippen molar-refractivity contribution in [2.75, 3.05) is 24.7 Å². The number of terminal acetylenes is 1. The van der Waals surface area contributed by atoms with Crippen LogP contribution in [0.1, 0.15) is 71.8 Å². The molecule has 3 aromatic rings. The van der Waals surface area contributed by atoms with Crippen LogP contribution < -0.4 is 9.75 Å². The van der Waals surface area contributed by atoms with Crippen molar-refractivity contribution >= 4 is 17.0 Å². The number of aromatic nitrogens is 3. The number of oxime groups is 1. The Kier molecular flexibility index (Phi) is 7.69. The molecule has 39 heavy (non-hydrogen) atoms. The Morgan fingerprint density at radius 1 is 1.15 bits per heavy atom. The monoisotopic (exact) mass is 569 g/mol. The number of benzene rings is 1. The van der Waals surface area contributed by atoms with E-state index in [4.69, 9.17) is 16.0 Å². The van der Waals surface area contributed by atoms with Crippen molar-refractivity contribution in [3.63, 3.8) is 0 Å². The van der Waals surface area contributed by atoms with Gasteiger partial charge in [0.25, 0.3) is 12.9 Å². The summed E-state index contributed by atoms with van der Waals surface area (Å²) in [5.74, 6) is 0.312. The van der Waals surface area contributed by atoms with Crippen molar-refractivity contribution < 1.29 is 35.9 Å². The summed E-state index contributed by atoms with van der Waals surface area (Å²) in [4.78, 5) is 10.9. The first-order valence-corrected chi connectivity index (χ1v) is 12.8. The first-order valence-electron chi connectivity index (χ1n) is 11.9. The Morgan fingerprint density at radius 3 is 2.62 bits per heavy atom. The van der Waals surface area contributed by atoms with Crippen LogP contribution in [0.3, 0.4) is 0 Å². The number of rotatable bonds is 8. The third kappa shape index (κ3) is 5.40. The number of nitrogens with zero attached hydrogens (tertiary/aromatic N) is 5. The molecule has 206 valence electrons. The lowest BCUT2D eigenvalue weighted by atomic mass is 9.98. The highest BCUT2D eigenvalue weighted by Gasteiger charge is 2.33. The summed E-state index contributed by atoms with van der Waals surface area (Å²) in [5.41, 5.74) is -0.653. The largest absolute Gasteiger partial charge is 0.478 e. The van der Waals surface area contributed by atoms with Crippen molar-refractivity contribution in [1.29, 1.82) is 0 Å². The molecule has 1 atom stereocenters. The molecule has 0 saturated carbocycles. The highest BCUT2D eigenvalue weighted by atomic mass is 32.1. The quantitative estimate of drug-likeness (QED) is 0.250. The third-order valence-corrected chi connectivity index (χ3v) is 7.49. The van der Waals surface area contributed by atoms with Crippen LogP contribution >= 0.6 is 11.3 Å². The van der Waals surface area contributed by atoms with E-state index in [1.807, 2.05) is 0 Å². The van der Waals surface area contributed by atoms with Gasteiger partial charge in [0.15, 0.2) is 17.7 Å². The van der Waals surface area contributed by atoms with Gasteiger partial charge in [-0.15, -0.1) is 17.8 Å². The van der Waals surface area contributed by atoms with E-state index >= 15 is 0 Å². The Bertz CT molecular complexity index is 1410. The molecular weight excluding hydrogens is 548 g/mol. The average molecular weight is 570 g/mol. The fourth-order valence-corrected chi connectivity index (χ4v) is 5.56. The summed E-state index contributed by atoms with van der Waals surface area (Å²) in [6.07, 6.45) is -0.621. The van der Waals surface area contributed by atoms with Gasteiger partial charge in [-0.25, -0.2) is 31.3 Å². The molecule has 2 aliphatic heterocycles. The molecule has 0 N–H and O–H groups in total. The van der Waals surface area contributed by atoms with Crippen molar-refractivity contribution in [1.82, 2.24) is 14.9 Å². The molecule has 0 radical (unpaired) electrons. The number of hydrogen-bond donors (Lipinski definition) is 0. The lowest BCUT2D eigenvalue weighted by Crippen LogP contribution is -2.43. The van der Waals surface area contributed by atoms with Crippen molar-refractivity contribution in [2.45, 2.75) is 44.1 Å². The summed E-state index contributed by atoms with van der Waals surface area (Å²) in [6.45, 7) is 0.445. The number of ether oxygens (including phenoxy) is 1. The van der Waals surface area contributed by atoms with Crippen LogP contribution in [-0.4, -0.2) is 40.3 Å². The number of alkyl halides is 4. The topological polar surface area (TPSA) is 64.8 Å². The highest BCUT2D eigenvalue weighted by molar-refractivity contribution is 7.10. The second-order valence-electron chi connectivity index (χ2n) is 8.89. The zero-order valence-corrected chi connectivity index (χ0v) is 21.0. The number of halogens is 6. The van der Waals surface area contributed by atoms with E-state index in [0.29, 0.717) is 37.3 Å². The maximum absolute atomic E-state index is 14.9. The minimum atomic E-state index is -2.95. The average Bonchev–Trinajstić information content (AvgIpc) is 3.68. The molecule has 14 heteroatoms. The summed E-state index contributed by atoms with van der Waals surface area (Å²) in [5, 5.41) is 11.7. The van der Waals surface area contributed by atoms with Gasteiger partial charge in [0.2, 0.25) is 0 Å². The first kappa shape index (κ1) is 26.9. The molecule has 0 bridgehead atoms. The smallest absolute Gasteiger partial charge is 0.282 e. The van der Waals surface area contributed by atoms with E-state index in [1.54, 1.807) is 5.38 Å². The van der Waals surface area contributed by atoms with Gasteiger partial charge < -0.3 is 9.57 Å². The summed E-state index contributed by atoms with van der Waals surface area (Å²) in [6, 6.07) is 2.95. The van der Waals surface area contributed by atoms with E-state index in [-0.39, 0.29) is 30.3 Å². The Morgan fingerprint density at radius 2 is 1.92 bits per heavy atom. The van der Waals surface area contributed by atoms with Gasteiger partial charge in [-0.05, 0) is 31.0 Å². The van der Waals surface area contributed by atoms with Gasteiger partial charge in [0, 0.05) is 30.8 Å². The zero-order chi connectivity index (χ0) is 27.7. The molecule has 2 aromatic heterocycles. The number of piperidine rings is 1. The molecule has 2 aliphatic rings. The molecule has 1 fully saturated rings. The number of hydrogen-bond acceptors (Lipinski definition) is 7. The maximum atomic E-state index is 14.9. The SMILES string of the molecule is C#CCOc1ccc(F)c(C2CC(c3csc(C4CCN(n5nc(C(F)F)cc5C(F)F)CC4)n3)=NO2)c1F. The van der Waals surface area contributed by atoms with Gasteiger partial charge in [-0.1, -0.05) is 11.1 Å². The van der Waals surface area contributed by atoms with Crippen LogP contribution in [-0.2, 0) is 4.84 Å². The molecule has 1 aromatic carbocycles. The van der Waals surface area contributed by atoms with Gasteiger partial charge in [-0.3, -0.25) is 5.01 Å². The van der Waals surface area contributed by atoms with E-state index in [2.05, 4.69) is 21.2 Å². The number of thiazole rings is 1. The lowest BCUT2D eigenvalue weighted by molar-refractivity contribution is 0.0794.